The first-order valence-corrected chi connectivity index (χ1v) is 7.43. The van der Waals surface area contributed by atoms with E-state index in [1.807, 2.05) is 0 Å². The average Bonchev–Trinajstić information content (AvgIpc) is 2.94. The number of aromatic nitrogens is 2. The first-order valence-electron chi connectivity index (χ1n) is 6.63. The average molecular weight is 329 g/mol. The van der Waals surface area contributed by atoms with Crippen molar-refractivity contribution >= 4 is 27.6 Å². The maximum atomic E-state index is 5.37. The molecule has 1 aromatic heterocycles. The second-order valence-electron chi connectivity index (χ2n) is 4.87. The zero-order chi connectivity index (χ0) is 13.7. The molecular weight excluding hydrogens is 308 g/mol. The van der Waals surface area contributed by atoms with Crippen molar-refractivity contribution in [3.8, 4) is 0 Å². The maximum absolute atomic E-state index is 5.37. The maximum Gasteiger partial charge on any atom is 0.159 e. The van der Waals surface area contributed by atoms with E-state index in [9.17, 15) is 0 Å². The van der Waals surface area contributed by atoms with Crippen LogP contribution in [0.2, 0.25) is 0 Å². The summed E-state index contributed by atoms with van der Waals surface area (Å²) in [6.07, 6.45) is 6.88. The second-order valence-corrected chi connectivity index (χ2v) is 5.67. The number of hydrogen-bond acceptors (Lipinski definition) is 6. The van der Waals surface area contributed by atoms with Crippen molar-refractivity contribution in [2.24, 2.45) is 5.84 Å². The Morgan fingerprint density at radius 3 is 2.74 bits per heavy atom. The van der Waals surface area contributed by atoms with Gasteiger partial charge in [-0.05, 0) is 35.8 Å². The summed E-state index contributed by atoms with van der Waals surface area (Å²) in [5.41, 5.74) is 2.53. The second kappa shape index (κ2) is 7.02. The van der Waals surface area contributed by atoms with Crippen LogP contribution < -0.4 is 16.6 Å². The molecule has 0 saturated heterocycles. The molecule has 2 rings (SSSR count). The number of nitrogens with two attached hydrogens (primary N) is 1. The molecule has 1 fully saturated rings. The van der Waals surface area contributed by atoms with Crippen LogP contribution in [0.5, 0.6) is 0 Å². The summed E-state index contributed by atoms with van der Waals surface area (Å²) in [6.45, 7) is 1.86. The van der Waals surface area contributed by atoms with E-state index in [-0.39, 0.29) is 0 Å². The molecule has 1 heterocycles. The quantitative estimate of drug-likeness (QED) is 0.546. The molecule has 0 bridgehead atoms. The number of nitrogen functional groups attached to an aromatic ring is 1. The molecule has 1 aromatic rings. The van der Waals surface area contributed by atoms with Crippen LogP contribution in [0.15, 0.2) is 10.8 Å². The molecule has 0 unspecified atom stereocenters. The molecule has 0 aliphatic heterocycles. The largest absolute Gasteiger partial charge is 0.368 e. The van der Waals surface area contributed by atoms with Gasteiger partial charge in [0.15, 0.2) is 5.82 Å². The van der Waals surface area contributed by atoms with Gasteiger partial charge in [0.1, 0.15) is 16.6 Å². The number of nitrogens with zero attached hydrogens (tertiary/aromatic N) is 3. The standard InChI is InChI=1S/C12H21BrN6/c1-19(9-4-2-3-5-9)7-6-15-11-10(13)12(18-14)17-8-16-11/h8-9H,2-7,14H2,1H3,(H2,15,16,17,18). The molecular formula is C12H21BrN6. The van der Waals surface area contributed by atoms with Gasteiger partial charge in [0.25, 0.3) is 0 Å². The minimum atomic E-state index is 0.585. The Labute approximate surface area is 122 Å². The van der Waals surface area contributed by atoms with Gasteiger partial charge < -0.3 is 15.6 Å². The Morgan fingerprint density at radius 1 is 1.37 bits per heavy atom. The van der Waals surface area contributed by atoms with Crippen LogP contribution >= 0.6 is 15.9 Å². The zero-order valence-corrected chi connectivity index (χ0v) is 12.8. The fourth-order valence-electron chi connectivity index (χ4n) is 2.47. The van der Waals surface area contributed by atoms with E-state index in [4.69, 9.17) is 5.84 Å². The predicted octanol–water partition coefficient (Wildman–Crippen LogP) is 1.81. The Hall–Kier alpha value is -0.920. The van der Waals surface area contributed by atoms with Gasteiger partial charge in [0.05, 0.1) is 0 Å². The van der Waals surface area contributed by atoms with Gasteiger partial charge in [-0.15, -0.1) is 0 Å². The molecule has 1 saturated carbocycles. The van der Waals surface area contributed by atoms with Crippen LogP contribution in [-0.4, -0.2) is 41.0 Å². The summed E-state index contributed by atoms with van der Waals surface area (Å²) in [5.74, 6) is 6.72. The van der Waals surface area contributed by atoms with Gasteiger partial charge >= 0.3 is 0 Å². The summed E-state index contributed by atoms with van der Waals surface area (Å²) in [6, 6.07) is 0.747. The third kappa shape index (κ3) is 3.77. The van der Waals surface area contributed by atoms with Gasteiger partial charge in [0, 0.05) is 19.1 Å². The fourth-order valence-corrected chi connectivity index (χ4v) is 2.93. The van der Waals surface area contributed by atoms with Crippen molar-refractivity contribution < 1.29 is 0 Å². The van der Waals surface area contributed by atoms with Crippen molar-refractivity contribution in [1.29, 1.82) is 0 Å². The number of hydrogen-bond donors (Lipinski definition) is 3. The molecule has 0 radical (unpaired) electrons. The van der Waals surface area contributed by atoms with Crippen LogP contribution in [0.1, 0.15) is 25.7 Å². The number of rotatable bonds is 6. The lowest BCUT2D eigenvalue weighted by atomic mass is 10.2. The van der Waals surface area contributed by atoms with E-state index in [0.717, 1.165) is 29.4 Å². The van der Waals surface area contributed by atoms with Crippen molar-refractivity contribution in [1.82, 2.24) is 14.9 Å². The van der Waals surface area contributed by atoms with Gasteiger partial charge in [-0.2, -0.15) is 0 Å². The molecule has 7 heteroatoms. The highest BCUT2D eigenvalue weighted by Crippen LogP contribution is 2.25. The van der Waals surface area contributed by atoms with E-state index in [1.54, 1.807) is 0 Å². The van der Waals surface area contributed by atoms with Crippen LogP contribution in [-0.2, 0) is 0 Å². The van der Waals surface area contributed by atoms with Gasteiger partial charge in [-0.1, -0.05) is 12.8 Å². The van der Waals surface area contributed by atoms with Gasteiger partial charge in [-0.3, -0.25) is 0 Å². The summed E-state index contributed by atoms with van der Waals surface area (Å²) >= 11 is 3.43. The molecule has 1 aliphatic rings. The lowest BCUT2D eigenvalue weighted by Gasteiger charge is -2.24. The normalized spacial score (nSPS) is 16.0. The van der Waals surface area contributed by atoms with Crippen molar-refractivity contribution in [3.63, 3.8) is 0 Å². The van der Waals surface area contributed by atoms with E-state index < -0.39 is 0 Å². The smallest absolute Gasteiger partial charge is 0.159 e. The van der Waals surface area contributed by atoms with Crippen molar-refractivity contribution in [3.05, 3.63) is 10.8 Å². The lowest BCUT2D eigenvalue weighted by Crippen LogP contribution is -2.33. The monoisotopic (exact) mass is 328 g/mol. The Morgan fingerprint density at radius 2 is 2.05 bits per heavy atom. The van der Waals surface area contributed by atoms with Crippen LogP contribution in [0.3, 0.4) is 0 Å². The van der Waals surface area contributed by atoms with Crippen molar-refractivity contribution in [2.45, 2.75) is 31.7 Å². The number of halogens is 1. The zero-order valence-electron chi connectivity index (χ0n) is 11.2. The van der Waals surface area contributed by atoms with Gasteiger partial charge in [0.2, 0.25) is 0 Å². The minimum Gasteiger partial charge on any atom is -0.368 e. The van der Waals surface area contributed by atoms with E-state index in [1.165, 1.54) is 32.0 Å². The lowest BCUT2D eigenvalue weighted by molar-refractivity contribution is 0.254. The molecule has 0 atom stereocenters. The van der Waals surface area contributed by atoms with Crippen molar-refractivity contribution in [2.75, 3.05) is 30.9 Å². The highest BCUT2D eigenvalue weighted by molar-refractivity contribution is 9.10. The molecule has 106 valence electrons. The number of hydrazine groups is 1. The fraction of sp³-hybridized carbons (Fsp3) is 0.667. The summed E-state index contributed by atoms with van der Waals surface area (Å²) < 4.78 is 0.765. The predicted molar refractivity (Wildman–Crippen MR) is 80.9 cm³/mol. The highest BCUT2D eigenvalue weighted by Gasteiger charge is 2.18. The molecule has 0 amide bonds. The third-order valence-electron chi connectivity index (χ3n) is 3.63. The van der Waals surface area contributed by atoms with E-state index in [0.29, 0.717) is 5.82 Å². The van der Waals surface area contributed by atoms with Crippen LogP contribution in [0.4, 0.5) is 11.6 Å². The number of nitrogens with one attached hydrogen (secondary N) is 2. The number of likely N-dealkylation sites (N-methyl/N-ethyl adjacent to an activating group) is 1. The molecule has 4 N–H and O–H groups in total. The molecule has 6 nitrogen and oxygen atoms in total. The first-order chi connectivity index (χ1) is 9.22. The third-order valence-corrected chi connectivity index (χ3v) is 4.38. The summed E-state index contributed by atoms with van der Waals surface area (Å²) in [4.78, 5) is 10.6. The van der Waals surface area contributed by atoms with E-state index >= 15 is 0 Å². The number of anilines is 2. The molecule has 19 heavy (non-hydrogen) atoms. The highest BCUT2D eigenvalue weighted by atomic mass is 79.9. The Balaban J connectivity index is 1.82. The van der Waals surface area contributed by atoms with Crippen LogP contribution in [0.25, 0.3) is 0 Å². The Kier molecular flexibility index (Phi) is 5.35. The first kappa shape index (κ1) is 14.5. The van der Waals surface area contributed by atoms with Gasteiger partial charge in [-0.25, -0.2) is 15.8 Å². The molecule has 1 aliphatic carbocycles. The molecule has 0 spiro atoms. The van der Waals surface area contributed by atoms with Crippen LogP contribution in [0, 0.1) is 0 Å². The SMILES string of the molecule is CN(CCNc1ncnc(NN)c1Br)C1CCCC1. The minimum absolute atomic E-state index is 0.585. The summed E-state index contributed by atoms with van der Waals surface area (Å²) in [7, 11) is 2.19. The summed E-state index contributed by atoms with van der Waals surface area (Å²) in [5, 5.41) is 3.31. The van der Waals surface area contributed by atoms with E-state index in [2.05, 4.69) is 48.6 Å². The topological polar surface area (TPSA) is 79.1 Å². The Bertz CT molecular complexity index is 407. The molecule has 0 aromatic carbocycles.